The minimum Gasteiger partial charge on any atom is -0.497 e. The minimum atomic E-state index is -0.441. The van der Waals surface area contributed by atoms with Crippen molar-refractivity contribution in [2.75, 3.05) is 18.2 Å². The Morgan fingerprint density at radius 3 is 2.82 bits per heavy atom. The number of nitrogens with zero attached hydrogens (tertiary/aromatic N) is 1. The second-order valence-corrected chi connectivity index (χ2v) is 4.88. The van der Waals surface area contributed by atoms with Gasteiger partial charge in [-0.15, -0.1) is 0 Å². The number of nitrogens with one attached hydrogen (secondary N) is 1. The molecule has 0 radical (unpaired) electrons. The summed E-state index contributed by atoms with van der Waals surface area (Å²) in [5.41, 5.74) is 7.82. The number of amides is 1. The number of hydrogen-bond acceptors (Lipinski definition) is 5. The standard InChI is InChI=1S/C16H15N3O3/c1-9-3-6-13(18-8-9)19-16(20)15-14(17)11-7-10(21-2)4-5-12(11)22-15/h3-8H,17H2,1-2H3,(H,18,19,20). The molecule has 0 spiro atoms. The van der Waals surface area contributed by atoms with Crippen LogP contribution in [0, 0.1) is 6.92 Å². The number of anilines is 2. The summed E-state index contributed by atoms with van der Waals surface area (Å²) < 4.78 is 10.7. The molecular weight excluding hydrogens is 282 g/mol. The molecule has 0 bridgehead atoms. The van der Waals surface area contributed by atoms with Gasteiger partial charge in [-0.05, 0) is 36.8 Å². The number of nitrogens with two attached hydrogens (primary N) is 1. The van der Waals surface area contributed by atoms with E-state index in [1.807, 2.05) is 13.0 Å². The summed E-state index contributed by atoms with van der Waals surface area (Å²) in [6, 6.07) is 8.76. The van der Waals surface area contributed by atoms with E-state index in [1.54, 1.807) is 37.6 Å². The molecule has 3 N–H and O–H groups in total. The lowest BCUT2D eigenvalue weighted by Crippen LogP contribution is -2.13. The van der Waals surface area contributed by atoms with E-state index >= 15 is 0 Å². The van der Waals surface area contributed by atoms with Crippen molar-refractivity contribution in [2.24, 2.45) is 0 Å². The van der Waals surface area contributed by atoms with Crippen LogP contribution in [0.25, 0.3) is 11.0 Å². The molecule has 0 aliphatic heterocycles. The number of rotatable bonds is 3. The van der Waals surface area contributed by atoms with E-state index in [0.29, 0.717) is 22.5 Å². The SMILES string of the molecule is COc1ccc2oc(C(=O)Nc3ccc(C)cn3)c(N)c2c1. The van der Waals surface area contributed by atoms with Crippen LogP contribution in [-0.2, 0) is 0 Å². The van der Waals surface area contributed by atoms with Gasteiger partial charge < -0.3 is 20.2 Å². The van der Waals surface area contributed by atoms with Crippen LogP contribution in [0.2, 0.25) is 0 Å². The molecule has 0 fully saturated rings. The van der Waals surface area contributed by atoms with Crippen molar-refractivity contribution in [1.82, 2.24) is 4.98 Å². The smallest absolute Gasteiger partial charge is 0.294 e. The van der Waals surface area contributed by atoms with E-state index in [1.165, 1.54) is 0 Å². The summed E-state index contributed by atoms with van der Waals surface area (Å²) in [6.45, 7) is 1.92. The fraction of sp³-hybridized carbons (Fsp3) is 0.125. The molecule has 6 heteroatoms. The van der Waals surface area contributed by atoms with E-state index in [0.717, 1.165) is 5.56 Å². The maximum atomic E-state index is 12.3. The number of benzene rings is 1. The highest BCUT2D eigenvalue weighted by atomic mass is 16.5. The van der Waals surface area contributed by atoms with Crippen molar-refractivity contribution < 1.29 is 13.9 Å². The first kappa shape index (κ1) is 13.9. The molecule has 0 aliphatic carbocycles. The van der Waals surface area contributed by atoms with Crippen molar-refractivity contribution in [3.8, 4) is 5.75 Å². The van der Waals surface area contributed by atoms with Crippen molar-refractivity contribution in [3.63, 3.8) is 0 Å². The molecule has 0 saturated carbocycles. The van der Waals surface area contributed by atoms with Gasteiger partial charge in [0.2, 0.25) is 5.76 Å². The second-order valence-electron chi connectivity index (χ2n) is 4.88. The van der Waals surface area contributed by atoms with Gasteiger partial charge in [-0.3, -0.25) is 4.79 Å². The molecule has 0 saturated heterocycles. The summed E-state index contributed by atoms with van der Waals surface area (Å²) in [4.78, 5) is 16.4. The van der Waals surface area contributed by atoms with Crippen LogP contribution in [-0.4, -0.2) is 18.0 Å². The van der Waals surface area contributed by atoms with Crippen LogP contribution in [0.4, 0.5) is 11.5 Å². The van der Waals surface area contributed by atoms with Gasteiger partial charge in [-0.1, -0.05) is 6.07 Å². The summed E-state index contributed by atoms with van der Waals surface area (Å²) in [7, 11) is 1.56. The largest absolute Gasteiger partial charge is 0.497 e. The van der Waals surface area contributed by atoms with Gasteiger partial charge in [0.25, 0.3) is 5.91 Å². The Kier molecular flexibility index (Phi) is 3.42. The fourth-order valence-electron chi connectivity index (χ4n) is 2.11. The predicted molar refractivity (Wildman–Crippen MR) is 84.1 cm³/mol. The number of methoxy groups -OCH3 is 1. The van der Waals surface area contributed by atoms with Crippen LogP contribution >= 0.6 is 0 Å². The number of aromatic nitrogens is 1. The average molecular weight is 297 g/mol. The first-order valence-corrected chi connectivity index (χ1v) is 6.68. The molecule has 2 heterocycles. The Morgan fingerprint density at radius 1 is 1.32 bits per heavy atom. The molecule has 0 unspecified atom stereocenters. The first-order valence-electron chi connectivity index (χ1n) is 6.68. The third-order valence-corrected chi connectivity index (χ3v) is 3.29. The Bertz CT molecular complexity index is 838. The lowest BCUT2D eigenvalue weighted by Gasteiger charge is -2.02. The maximum absolute atomic E-state index is 12.3. The first-order chi connectivity index (χ1) is 10.6. The molecule has 3 rings (SSSR count). The highest BCUT2D eigenvalue weighted by Gasteiger charge is 2.19. The van der Waals surface area contributed by atoms with Gasteiger partial charge in [0.1, 0.15) is 17.2 Å². The number of ether oxygens (including phenoxy) is 1. The molecule has 112 valence electrons. The Morgan fingerprint density at radius 2 is 2.14 bits per heavy atom. The molecule has 0 atom stereocenters. The number of nitrogen functional groups attached to an aromatic ring is 1. The van der Waals surface area contributed by atoms with Crippen molar-refractivity contribution in [2.45, 2.75) is 6.92 Å². The zero-order chi connectivity index (χ0) is 15.7. The average Bonchev–Trinajstić information content (AvgIpc) is 2.86. The minimum absolute atomic E-state index is 0.0608. The summed E-state index contributed by atoms with van der Waals surface area (Å²) in [5, 5.41) is 3.30. The number of carbonyl (C=O) groups is 1. The number of pyridine rings is 1. The molecular formula is C16H15N3O3. The van der Waals surface area contributed by atoms with Crippen LogP contribution in [0.3, 0.4) is 0 Å². The Labute approximate surface area is 126 Å². The number of carbonyl (C=O) groups excluding carboxylic acids is 1. The lowest BCUT2D eigenvalue weighted by atomic mass is 10.2. The van der Waals surface area contributed by atoms with E-state index < -0.39 is 5.91 Å². The second kappa shape index (κ2) is 5.40. The van der Waals surface area contributed by atoms with E-state index in [2.05, 4.69) is 10.3 Å². The highest BCUT2D eigenvalue weighted by molar-refractivity contribution is 6.10. The number of furan rings is 1. The van der Waals surface area contributed by atoms with Gasteiger partial charge in [-0.25, -0.2) is 4.98 Å². The Hall–Kier alpha value is -3.02. The normalized spacial score (nSPS) is 10.6. The number of hydrogen-bond donors (Lipinski definition) is 2. The third kappa shape index (κ3) is 2.46. The van der Waals surface area contributed by atoms with Crippen LogP contribution in [0.15, 0.2) is 40.9 Å². The van der Waals surface area contributed by atoms with Gasteiger partial charge in [0, 0.05) is 11.6 Å². The van der Waals surface area contributed by atoms with Gasteiger partial charge in [0.15, 0.2) is 0 Å². The molecule has 3 aromatic rings. The van der Waals surface area contributed by atoms with E-state index in [-0.39, 0.29) is 11.4 Å². The summed E-state index contributed by atoms with van der Waals surface area (Å²) in [6.07, 6.45) is 1.67. The molecule has 6 nitrogen and oxygen atoms in total. The third-order valence-electron chi connectivity index (χ3n) is 3.29. The predicted octanol–water partition coefficient (Wildman–Crippen LogP) is 2.98. The van der Waals surface area contributed by atoms with Gasteiger partial charge >= 0.3 is 0 Å². The molecule has 1 aromatic carbocycles. The Balaban J connectivity index is 1.93. The fourth-order valence-corrected chi connectivity index (χ4v) is 2.11. The molecule has 0 aliphatic rings. The quantitative estimate of drug-likeness (QED) is 0.775. The van der Waals surface area contributed by atoms with E-state index in [4.69, 9.17) is 14.9 Å². The van der Waals surface area contributed by atoms with Gasteiger partial charge in [-0.2, -0.15) is 0 Å². The van der Waals surface area contributed by atoms with Crippen LogP contribution in [0.1, 0.15) is 16.1 Å². The summed E-state index contributed by atoms with van der Waals surface area (Å²) >= 11 is 0. The topological polar surface area (TPSA) is 90.4 Å². The van der Waals surface area contributed by atoms with Crippen LogP contribution in [0.5, 0.6) is 5.75 Å². The zero-order valence-corrected chi connectivity index (χ0v) is 12.2. The zero-order valence-electron chi connectivity index (χ0n) is 12.2. The number of aryl methyl sites for hydroxylation is 1. The molecule has 2 aromatic heterocycles. The van der Waals surface area contributed by atoms with Crippen molar-refractivity contribution in [1.29, 1.82) is 0 Å². The number of fused-ring (bicyclic) bond motifs is 1. The molecule has 22 heavy (non-hydrogen) atoms. The van der Waals surface area contributed by atoms with Crippen molar-refractivity contribution in [3.05, 3.63) is 47.9 Å². The maximum Gasteiger partial charge on any atom is 0.294 e. The van der Waals surface area contributed by atoms with Gasteiger partial charge in [0.05, 0.1) is 12.8 Å². The highest BCUT2D eigenvalue weighted by Crippen LogP contribution is 2.31. The monoisotopic (exact) mass is 297 g/mol. The summed E-state index contributed by atoms with van der Waals surface area (Å²) in [5.74, 6) is 0.704. The van der Waals surface area contributed by atoms with E-state index in [9.17, 15) is 4.79 Å². The lowest BCUT2D eigenvalue weighted by molar-refractivity contribution is 0.0999. The van der Waals surface area contributed by atoms with Crippen molar-refractivity contribution >= 4 is 28.4 Å². The van der Waals surface area contributed by atoms with Crippen LogP contribution < -0.4 is 15.8 Å². The molecule has 1 amide bonds.